The lowest BCUT2D eigenvalue weighted by Crippen LogP contribution is -1.96. The summed E-state index contributed by atoms with van der Waals surface area (Å²) in [5.41, 5.74) is 5.49. The maximum absolute atomic E-state index is 13.4. The minimum absolute atomic E-state index is 0.105. The van der Waals surface area contributed by atoms with Crippen LogP contribution in [0.15, 0.2) is 52.9 Å². The minimum Gasteiger partial charge on any atom is -0.489 e. The van der Waals surface area contributed by atoms with Crippen molar-refractivity contribution < 1.29 is 9.13 Å². The number of hydrogen-bond donors (Lipinski definition) is 1. The summed E-state index contributed by atoms with van der Waals surface area (Å²) >= 11 is 7.16. The van der Waals surface area contributed by atoms with Gasteiger partial charge in [-0.2, -0.15) is 5.10 Å². The number of aryl methyl sites for hydroxylation is 1. The molecule has 3 aromatic rings. The molecule has 0 aliphatic heterocycles. The Labute approximate surface area is 153 Å². The normalized spacial score (nSPS) is 11.0. The van der Waals surface area contributed by atoms with Crippen LogP contribution in [0.5, 0.6) is 5.75 Å². The third-order valence-electron chi connectivity index (χ3n) is 3.26. The number of nitrogens with zero attached hydrogens (tertiary/aromatic N) is 2. The molecule has 1 aromatic heterocycles. The fourth-order valence-electron chi connectivity index (χ4n) is 2.01. The quantitative estimate of drug-likeness (QED) is 0.471. The molecule has 1 heterocycles. The zero-order valence-corrected chi connectivity index (χ0v) is 14.9. The number of nitrogens with one attached hydrogen (secondary N) is 1. The molecule has 7 heteroatoms. The van der Waals surface area contributed by atoms with Gasteiger partial charge in [0.05, 0.1) is 16.9 Å². The lowest BCUT2D eigenvalue weighted by atomic mass is 10.2. The van der Waals surface area contributed by atoms with Gasteiger partial charge < -0.3 is 4.74 Å². The highest BCUT2D eigenvalue weighted by Gasteiger charge is 2.02. The van der Waals surface area contributed by atoms with E-state index in [1.807, 2.05) is 36.6 Å². The number of hydrazone groups is 1. The molecule has 4 nitrogen and oxygen atoms in total. The second-order valence-electron chi connectivity index (χ2n) is 5.27. The van der Waals surface area contributed by atoms with Gasteiger partial charge in [0.2, 0.25) is 5.13 Å². The second kappa shape index (κ2) is 8.09. The predicted octanol–water partition coefficient (Wildman–Crippen LogP) is 5.27. The lowest BCUT2D eigenvalue weighted by molar-refractivity contribution is 0.305. The van der Waals surface area contributed by atoms with Crippen LogP contribution in [0.3, 0.4) is 0 Å². The molecule has 0 amide bonds. The number of rotatable bonds is 6. The first-order chi connectivity index (χ1) is 12.1. The lowest BCUT2D eigenvalue weighted by Gasteiger charge is -2.07. The Morgan fingerprint density at radius 3 is 2.76 bits per heavy atom. The van der Waals surface area contributed by atoms with Crippen molar-refractivity contribution in [3.05, 3.63) is 75.5 Å². The van der Waals surface area contributed by atoms with Crippen LogP contribution in [0.2, 0.25) is 5.02 Å². The molecule has 0 fully saturated rings. The first-order valence-corrected chi connectivity index (χ1v) is 8.74. The minimum atomic E-state index is -0.447. The molecule has 2 aromatic carbocycles. The highest BCUT2D eigenvalue weighted by molar-refractivity contribution is 7.13. The van der Waals surface area contributed by atoms with Gasteiger partial charge in [-0.05, 0) is 54.4 Å². The Hall–Kier alpha value is -2.44. The number of aromatic nitrogens is 1. The van der Waals surface area contributed by atoms with Crippen molar-refractivity contribution in [2.24, 2.45) is 5.10 Å². The summed E-state index contributed by atoms with van der Waals surface area (Å²) in [6.07, 6.45) is 1.70. The Morgan fingerprint density at radius 2 is 2.08 bits per heavy atom. The van der Waals surface area contributed by atoms with Gasteiger partial charge in [-0.15, -0.1) is 11.3 Å². The van der Waals surface area contributed by atoms with Gasteiger partial charge in [0.15, 0.2) is 0 Å². The average Bonchev–Trinajstić information content (AvgIpc) is 3.02. The largest absolute Gasteiger partial charge is 0.489 e. The van der Waals surface area contributed by atoms with Gasteiger partial charge in [0.1, 0.15) is 18.2 Å². The van der Waals surface area contributed by atoms with Crippen molar-refractivity contribution in [2.75, 3.05) is 5.43 Å². The molecule has 0 bridgehead atoms. The summed E-state index contributed by atoms with van der Waals surface area (Å²) in [5, 5.41) is 6.96. The topological polar surface area (TPSA) is 46.5 Å². The Balaban J connectivity index is 1.53. The molecule has 0 radical (unpaired) electrons. The number of hydrogen-bond acceptors (Lipinski definition) is 5. The van der Waals surface area contributed by atoms with E-state index in [9.17, 15) is 4.39 Å². The second-order valence-corrected chi connectivity index (χ2v) is 6.54. The summed E-state index contributed by atoms with van der Waals surface area (Å²) in [4.78, 5) is 4.26. The van der Waals surface area contributed by atoms with E-state index in [-0.39, 0.29) is 11.6 Å². The van der Waals surface area contributed by atoms with Crippen molar-refractivity contribution >= 4 is 34.3 Å². The number of anilines is 1. The molecule has 0 saturated heterocycles. The van der Waals surface area contributed by atoms with Gasteiger partial charge in [0.25, 0.3) is 0 Å². The number of benzene rings is 2. The zero-order valence-electron chi connectivity index (χ0n) is 13.4. The molecule has 0 aliphatic carbocycles. The molecule has 128 valence electrons. The maximum Gasteiger partial charge on any atom is 0.203 e. The highest BCUT2D eigenvalue weighted by atomic mass is 35.5. The molecule has 25 heavy (non-hydrogen) atoms. The number of halogens is 2. The molecule has 0 spiro atoms. The van der Waals surface area contributed by atoms with Crippen molar-refractivity contribution in [1.82, 2.24) is 4.98 Å². The standard InChI is InChI=1S/C18H15ClFN3OS/c1-12-11-25-18(22-12)23-21-9-13-2-5-15(6-3-13)24-10-14-4-7-16(19)17(20)8-14/h2-9,11H,10H2,1H3,(H,22,23). The highest BCUT2D eigenvalue weighted by Crippen LogP contribution is 2.18. The summed E-state index contributed by atoms with van der Waals surface area (Å²) in [5.74, 6) is 0.244. The monoisotopic (exact) mass is 375 g/mol. The Kier molecular flexibility index (Phi) is 5.63. The van der Waals surface area contributed by atoms with Gasteiger partial charge in [0, 0.05) is 5.38 Å². The van der Waals surface area contributed by atoms with Gasteiger partial charge >= 0.3 is 0 Å². The van der Waals surface area contributed by atoms with Gasteiger partial charge in [-0.3, -0.25) is 5.43 Å². The Morgan fingerprint density at radius 1 is 1.28 bits per heavy atom. The molecule has 0 atom stereocenters. The summed E-state index contributed by atoms with van der Waals surface area (Å²) in [6, 6.07) is 12.1. The van der Waals surface area contributed by atoms with Crippen LogP contribution in [0, 0.1) is 12.7 Å². The van der Waals surface area contributed by atoms with E-state index >= 15 is 0 Å². The average molecular weight is 376 g/mol. The molecule has 1 N–H and O–H groups in total. The molecule has 0 saturated carbocycles. The van der Waals surface area contributed by atoms with Crippen molar-refractivity contribution in [1.29, 1.82) is 0 Å². The maximum atomic E-state index is 13.4. The third kappa shape index (κ3) is 5.01. The summed E-state index contributed by atoms with van der Waals surface area (Å²) in [7, 11) is 0. The summed E-state index contributed by atoms with van der Waals surface area (Å²) < 4.78 is 19.0. The van der Waals surface area contributed by atoms with Gasteiger partial charge in [-0.25, -0.2) is 9.37 Å². The first-order valence-electron chi connectivity index (χ1n) is 7.48. The van der Waals surface area contributed by atoms with E-state index in [2.05, 4.69) is 15.5 Å². The first kappa shape index (κ1) is 17.4. The molecule has 0 aliphatic rings. The smallest absolute Gasteiger partial charge is 0.203 e. The van der Waals surface area contributed by atoms with Crippen LogP contribution in [-0.2, 0) is 6.61 Å². The fourth-order valence-corrected chi connectivity index (χ4v) is 2.77. The van der Waals surface area contributed by atoms with E-state index < -0.39 is 5.82 Å². The zero-order chi connectivity index (χ0) is 17.6. The third-order valence-corrected chi connectivity index (χ3v) is 4.43. The van der Waals surface area contributed by atoms with E-state index in [0.717, 1.165) is 22.0 Å². The Bertz CT molecular complexity index is 880. The van der Waals surface area contributed by atoms with Crippen molar-refractivity contribution in [3.63, 3.8) is 0 Å². The van der Waals surface area contributed by atoms with Crippen molar-refractivity contribution in [2.45, 2.75) is 13.5 Å². The van der Waals surface area contributed by atoms with Crippen LogP contribution in [-0.4, -0.2) is 11.2 Å². The van der Waals surface area contributed by atoms with E-state index in [1.165, 1.54) is 23.5 Å². The van der Waals surface area contributed by atoms with E-state index in [0.29, 0.717) is 5.75 Å². The number of ether oxygens (including phenoxy) is 1. The van der Waals surface area contributed by atoms with Crippen LogP contribution in [0.1, 0.15) is 16.8 Å². The van der Waals surface area contributed by atoms with Crippen LogP contribution in [0.4, 0.5) is 9.52 Å². The van der Waals surface area contributed by atoms with E-state index in [1.54, 1.807) is 12.3 Å². The van der Waals surface area contributed by atoms with Crippen LogP contribution in [0.25, 0.3) is 0 Å². The molecular formula is C18H15ClFN3OS. The predicted molar refractivity (Wildman–Crippen MR) is 100 cm³/mol. The van der Waals surface area contributed by atoms with Crippen molar-refractivity contribution in [3.8, 4) is 5.75 Å². The van der Waals surface area contributed by atoms with Crippen LogP contribution < -0.4 is 10.2 Å². The van der Waals surface area contributed by atoms with Crippen LogP contribution >= 0.6 is 22.9 Å². The van der Waals surface area contributed by atoms with E-state index in [4.69, 9.17) is 16.3 Å². The summed E-state index contributed by atoms with van der Waals surface area (Å²) in [6.45, 7) is 2.20. The van der Waals surface area contributed by atoms with Gasteiger partial charge in [-0.1, -0.05) is 17.7 Å². The SMILES string of the molecule is Cc1csc(NN=Cc2ccc(OCc3ccc(Cl)c(F)c3)cc2)n1. The molecular weight excluding hydrogens is 361 g/mol. The molecule has 3 rings (SSSR count). The fraction of sp³-hybridized carbons (Fsp3) is 0.111. The molecule has 0 unspecified atom stereocenters. The number of thiazole rings is 1.